The van der Waals surface area contributed by atoms with Crippen molar-refractivity contribution in [3.8, 4) is 0 Å². The Bertz CT molecular complexity index is 289. The third kappa shape index (κ3) is 5.03. The maximum Gasteiger partial charge on any atom is 0.402 e. The molecule has 0 atom stereocenters. The predicted molar refractivity (Wildman–Crippen MR) is 52.4 cm³/mol. The van der Waals surface area contributed by atoms with Crippen LogP contribution in [0.1, 0.15) is 13.8 Å². The molecule has 92 valence electrons. The first-order valence-corrected chi connectivity index (χ1v) is 6.26. The van der Waals surface area contributed by atoms with E-state index in [1.54, 1.807) is 0 Å². The SMILES string of the molecule is CC(C)S(=O)(=O)N(CCCl)CC(F)(F)F. The second-order valence-corrected chi connectivity index (χ2v) is 6.10. The van der Waals surface area contributed by atoms with E-state index in [4.69, 9.17) is 11.6 Å². The number of halogens is 4. The lowest BCUT2D eigenvalue weighted by Gasteiger charge is -2.24. The molecule has 0 bridgehead atoms. The van der Waals surface area contributed by atoms with Crippen LogP contribution in [0.5, 0.6) is 0 Å². The third-order valence-electron chi connectivity index (χ3n) is 1.65. The van der Waals surface area contributed by atoms with Crippen LogP contribution in [0, 0.1) is 0 Å². The number of nitrogens with zero attached hydrogens (tertiary/aromatic N) is 1. The highest BCUT2D eigenvalue weighted by molar-refractivity contribution is 7.89. The van der Waals surface area contributed by atoms with Gasteiger partial charge < -0.3 is 0 Å². The minimum atomic E-state index is -4.55. The average molecular weight is 268 g/mol. The van der Waals surface area contributed by atoms with Crippen molar-refractivity contribution >= 4 is 21.6 Å². The van der Waals surface area contributed by atoms with Gasteiger partial charge in [-0.05, 0) is 13.8 Å². The Balaban J connectivity index is 4.83. The lowest BCUT2D eigenvalue weighted by molar-refractivity contribution is -0.135. The number of hydrogen-bond donors (Lipinski definition) is 0. The van der Waals surface area contributed by atoms with Crippen LogP contribution in [0.25, 0.3) is 0 Å². The van der Waals surface area contributed by atoms with E-state index in [1.807, 2.05) is 0 Å². The molecule has 0 aliphatic rings. The first kappa shape index (κ1) is 15.0. The molecular weight excluding hydrogens is 255 g/mol. The molecule has 0 saturated heterocycles. The number of rotatable bonds is 5. The molecule has 0 unspecified atom stereocenters. The maximum atomic E-state index is 12.1. The zero-order valence-corrected chi connectivity index (χ0v) is 9.95. The molecule has 15 heavy (non-hydrogen) atoms. The van der Waals surface area contributed by atoms with Gasteiger partial charge in [0.05, 0.1) is 5.25 Å². The molecule has 3 nitrogen and oxygen atoms in total. The molecule has 0 aromatic rings. The van der Waals surface area contributed by atoms with Gasteiger partial charge in [-0.3, -0.25) is 0 Å². The van der Waals surface area contributed by atoms with E-state index >= 15 is 0 Å². The summed E-state index contributed by atoms with van der Waals surface area (Å²) in [5.74, 6) is -0.165. The fraction of sp³-hybridized carbons (Fsp3) is 1.00. The van der Waals surface area contributed by atoms with Crippen LogP contribution in [0.15, 0.2) is 0 Å². The Kier molecular flexibility index (Phi) is 5.35. The van der Waals surface area contributed by atoms with Crippen molar-refractivity contribution in [1.29, 1.82) is 0 Å². The van der Waals surface area contributed by atoms with Crippen LogP contribution >= 0.6 is 11.6 Å². The largest absolute Gasteiger partial charge is 0.402 e. The summed E-state index contributed by atoms with van der Waals surface area (Å²) in [6, 6.07) is 0. The lowest BCUT2D eigenvalue weighted by atomic mass is 10.6. The molecule has 0 heterocycles. The van der Waals surface area contributed by atoms with Gasteiger partial charge in [0.25, 0.3) is 0 Å². The summed E-state index contributed by atoms with van der Waals surface area (Å²) in [4.78, 5) is 0. The highest BCUT2D eigenvalue weighted by Crippen LogP contribution is 2.20. The van der Waals surface area contributed by atoms with Crippen LogP contribution in [0.2, 0.25) is 0 Å². The van der Waals surface area contributed by atoms with Crippen molar-refractivity contribution in [1.82, 2.24) is 4.31 Å². The molecule has 0 aliphatic carbocycles. The van der Waals surface area contributed by atoms with Crippen molar-refractivity contribution in [2.45, 2.75) is 25.3 Å². The van der Waals surface area contributed by atoms with Crippen LogP contribution < -0.4 is 0 Å². The fourth-order valence-electron chi connectivity index (χ4n) is 0.889. The first-order valence-electron chi connectivity index (χ1n) is 4.23. The minimum absolute atomic E-state index is 0.165. The highest BCUT2D eigenvalue weighted by atomic mass is 35.5. The molecular formula is C7H13ClF3NO2S. The zero-order valence-electron chi connectivity index (χ0n) is 8.38. The van der Waals surface area contributed by atoms with E-state index in [0.717, 1.165) is 0 Å². The van der Waals surface area contributed by atoms with Crippen LogP contribution in [-0.4, -0.2) is 43.1 Å². The van der Waals surface area contributed by atoms with Gasteiger partial charge in [0.1, 0.15) is 6.54 Å². The molecule has 0 spiro atoms. The van der Waals surface area contributed by atoms with Crippen LogP contribution in [0.3, 0.4) is 0 Å². The number of alkyl halides is 4. The van der Waals surface area contributed by atoms with E-state index in [9.17, 15) is 21.6 Å². The first-order chi connectivity index (χ1) is 6.61. The molecule has 8 heteroatoms. The Morgan fingerprint density at radius 2 is 1.80 bits per heavy atom. The summed E-state index contributed by atoms with van der Waals surface area (Å²) in [6.45, 7) is 0.835. The number of hydrogen-bond acceptors (Lipinski definition) is 2. The van der Waals surface area contributed by atoms with E-state index in [-0.39, 0.29) is 12.4 Å². The average Bonchev–Trinajstić information content (AvgIpc) is 2.00. The molecule has 0 fully saturated rings. The Hall–Kier alpha value is -0.0100. The van der Waals surface area contributed by atoms with Crippen molar-refractivity contribution in [3.63, 3.8) is 0 Å². The molecule has 0 amide bonds. The van der Waals surface area contributed by atoms with Crippen LogP contribution in [-0.2, 0) is 10.0 Å². The summed E-state index contributed by atoms with van der Waals surface area (Å²) in [5.41, 5.74) is 0. The Morgan fingerprint density at radius 3 is 2.07 bits per heavy atom. The standard InChI is InChI=1S/C7H13ClF3NO2S/c1-6(2)15(13,14)12(4-3-8)5-7(9,10)11/h6H,3-5H2,1-2H3. The zero-order chi connectivity index (χ0) is 12.3. The van der Waals surface area contributed by atoms with Gasteiger partial charge in [-0.15, -0.1) is 11.6 Å². The van der Waals surface area contributed by atoms with Gasteiger partial charge in [0, 0.05) is 12.4 Å². The van der Waals surface area contributed by atoms with Gasteiger partial charge in [-0.2, -0.15) is 17.5 Å². The van der Waals surface area contributed by atoms with Crippen molar-refractivity contribution in [3.05, 3.63) is 0 Å². The van der Waals surface area contributed by atoms with Crippen LogP contribution in [0.4, 0.5) is 13.2 Å². The van der Waals surface area contributed by atoms with E-state index in [2.05, 4.69) is 0 Å². The smallest absolute Gasteiger partial charge is 0.212 e. The number of sulfonamides is 1. The monoisotopic (exact) mass is 267 g/mol. The van der Waals surface area contributed by atoms with Gasteiger partial charge in [0.2, 0.25) is 10.0 Å². The summed E-state index contributed by atoms with van der Waals surface area (Å²) < 4.78 is 59.5. The van der Waals surface area contributed by atoms with Gasteiger partial charge >= 0.3 is 6.18 Å². The summed E-state index contributed by atoms with van der Waals surface area (Å²) in [7, 11) is -3.91. The normalized spacial score (nSPS) is 13.9. The van der Waals surface area contributed by atoms with Gasteiger partial charge in [0.15, 0.2) is 0 Å². The molecule has 0 saturated carbocycles. The Morgan fingerprint density at radius 1 is 1.33 bits per heavy atom. The molecule has 0 aliphatic heterocycles. The van der Waals surface area contributed by atoms with Crippen molar-refractivity contribution in [2.75, 3.05) is 19.0 Å². The van der Waals surface area contributed by atoms with E-state index in [0.29, 0.717) is 4.31 Å². The van der Waals surface area contributed by atoms with E-state index in [1.165, 1.54) is 13.8 Å². The summed E-state index contributed by atoms with van der Waals surface area (Å²) >= 11 is 5.26. The maximum absolute atomic E-state index is 12.1. The quantitative estimate of drug-likeness (QED) is 0.713. The molecule has 0 aromatic heterocycles. The van der Waals surface area contributed by atoms with Crippen molar-refractivity contribution < 1.29 is 21.6 Å². The minimum Gasteiger partial charge on any atom is -0.212 e. The second kappa shape index (κ2) is 5.36. The van der Waals surface area contributed by atoms with Gasteiger partial charge in [-0.25, -0.2) is 8.42 Å². The summed E-state index contributed by atoms with van der Waals surface area (Å²) in [5, 5.41) is -0.886. The molecule has 0 N–H and O–H groups in total. The topological polar surface area (TPSA) is 37.4 Å². The molecule has 0 rings (SSSR count). The second-order valence-electron chi connectivity index (χ2n) is 3.23. The highest BCUT2D eigenvalue weighted by Gasteiger charge is 2.37. The van der Waals surface area contributed by atoms with E-state index < -0.39 is 28.0 Å². The Labute approximate surface area is 92.2 Å². The fourth-order valence-corrected chi connectivity index (χ4v) is 2.46. The molecule has 0 radical (unpaired) electrons. The summed E-state index contributed by atoms with van der Waals surface area (Å²) in [6.07, 6.45) is -4.55. The van der Waals surface area contributed by atoms with Crippen molar-refractivity contribution in [2.24, 2.45) is 0 Å². The molecule has 0 aromatic carbocycles. The lowest BCUT2D eigenvalue weighted by Crippen LogP contribution is -2.43. The van der Waals surface area contributed by atoms with Gasteiger partial charge in [-0.1, -0.05) is 0 Å². The third-order valence-corrected chi connectivity index (χ3v) is 4.04. The predicted octanol–water partition coefficient (Wildman–Crippen LogP) is 1.83.